The minimum Gasteiger partial charge on any atom is -0.234 e. The summed E-state index contributed by atoms with van der Waals surface area (Å²) in [6.07, 6.45) is 22.7. The van der Waals surface area contributed by atoms with E-state index in [0.29, 0.717) is 22.2 Å². The van der Waals surface area contributed by atoms with Gasteiger partial charge in [-0.05, 0) is 135 Å². The Hall–Kier alpha value is -1.07. The largest absolute Gasteiger partial charge is 0.234 e. The Morgan fingerprint density at radius 2 is 1.56 bits per heavy atom. The van der Waals surface area contributed by atoms with Crippen molar-refractivity contribution in [3.8, 4) is 0 Å². The second-order valence-corrected chi connectivity index (χ2v) is 14.3. The third kappa shape index (κ3) is 3.50. The average molecular weight is 463 g/mol. The molecule has 0 aromatic carbocycles. The van der Waals surface area contributed by atoms with Crippen molar-refractivity contribution in [2.45, 2.75) is 118 Å². The van der Waals surface area contributed by atoms with Gasteiger partial charge < -0.3 is 0 Å². The highest BCUT2D eigenvalue weighted by atomic mass is 16.1. The Labute approximate surface area is 209 Å². The van der Waals surface area contributed by atoms with Crippen LogP contribution in [-0.2, 0) is 4.79 Å². The topological polar surface area (TPSA) is 17.1 Å². The van der Waals surface area contributed by atoms with Gasteiger partial charge in [0.15, 0.2) is 0 Å². The average Bonchev–Trinajstić information content (AvgIpc) is 3.48. The van der Waals surface area contributed by atoms with E-state index >= 15 is 0 Å². The Balaban J connectivity index is 0.000000764. The normalized spacial score (nSPS) is 48.1. The molecule has 8 atom stereocenters. The van der Waals surface area contributed by atoms with Crippen molar-refractivity contribution in [1.29, 1.82) is 0 Å². The second kappa shape index (κ2) is 8.50. The molecule has 34 heavy (non-hydrogen) atoms. The zero-order valence-electron chi connectivity index (χ0n) is 22.8. The summed E-state index contributed by atoms with van der Waals surface area (Å²) in [5.41, 5.74) is 4.43. The first-order chi connectivity index (χ1) is 16.2. The van der Waals surface area contributed by atoms with Gasteiger partial charge in [0.25, 0.3) is 0 Å². The summed E-state index contributed by atoms with van der Waals surface area (Å²) in [6.45, 7) is 15.4. The molecule has 0 radical (unpaired) electrons. The molecule has 6 saturated carbocycles. The number of allylic oxidation sites excluding steroid dienone is 4. The molecule has 0 aromatic heterocycles. The molecular weight excluding hydrogens is 412 g/mol. The molecular formula is C33H50O. The highest BCUT2D eigenvalue weighted by Crippen LogP contribution is 2.73. The first-order valence-electron chi connectivity index (χ1n) is 14.7. The van der Waals surface area contributed by atoms with Crippen LogP contribution in [0.15, 0.2) is 29.9 Å². The first-order valence-corrected chi connectivity index (χ1v) is 14.7. The Morgan fingerprint density at radius 3 is 2.24 bits per heavy atom. The molecule has 1 heteroatoms. The van der Waals surface area contributed by atoms with Gasteiger partial charge in [-0.3, -0.25) is 0 Å². The van der Waals surface area contributed by atoms with Gasteiger partial charge in [-0.25, -0.2) is 4.79 Å². The second-order valence-electron chi connectivity index (χ2n) is 14.3. The molecule has 0 amide bonds. The third-order valence-corrected chi connectivity index (χ3v) is 12.6. The maximum atomic E-state index is 11.7. The van der Waals surface area contributed by atoms with E-state index in [4.69, 9.17) is 0 Å². The van der Waals surface area contributed by atoms with Gasteiger partial charge in [-0.2, -0.15) is 0 Å². The van der Waals surface area contributed by atoms with Crippen LogP contribution >= 0.6 is 0 Å². The van der Waals surface area contributed by atoms with Gasteiger partial charge in [0.1, 0.15) is 5.94 Å². The van der Waals surface area contributed by atoms with Crippen LogP contribution in [0.4, 0.5) is 0 Å². The van der Waals surface area contributed by atoms with Crippen LogP contribution in [0.2, 0.25) is 0 Å². The van der Waals surface area contributed by atoms with Crippen molar-refractivity contribution in [2.75, 3.05) is 0 Å². The van der Waals surface area contributed by atoms with Gasteiger partial charge in [-0.15, -0.1) is 6.58 Å². The SMILES string of the molecule is C=CC.CC1(C)C(=C=O)CCC2(C)C1CCC1(C)C3CCC4(C=C5CC5)CCCC4C3CCC12. The maximum Gasteiger partial charge on any atom is 0.124 e. The molecule has 0 heterocycles. The lowest BCUT2D eigenvalue weighted by molar-refractivity contribution is -0.183. The number of fused-ring (bicyclic) bond motifs is 7. The van der Waals surface area contributed by atoms with Crippen molar-refractivity contribution in [3.63, 3.8) is 0 Å². The van der Waals surface area contributed by atoms with Crippen LogP contribution in [-0.4, -0.2) is 5.94 Å². The fourth-order valence-electron chi connectivity index (χ4n) is 11.1. The number of hydrogen-bond donors (Lipinski definition) is 0. The fraction of sp³-hybridized carbons (Fsp3) is 0.818. The van der Waals surface area contributed by atoms with Crippen LogP contribution < -0.4 is 0 Å². The molecule has 0 spiro atoms. The number of rotatable bonds is 1. The molecule has 0 N–H and O–H groups in total. The molecule has 0 aliphatic heterocycles. The van der Waals surface area contributed by atoms with Gasteiger partial charge >= 0.3 is 0 Å². The quantitative estimate of drug-likeness (QED) is 0.280. The zero-order chi connectivity index (χ0) is 24.4. The van der Waals surface area contributed by atoms with E-state index in [1.807, 2.05) is 6.92 Å². The monoisotopic (exact) mass is 462 g/mol. The predicted octanol–water partition coefficient (Wildman–Crippen LogP) is 9.12. The minimum absolute atomic E-state index is 0.0382. The Kier molecular flexibility index (Phi) is 6.16. The summed E-state index contributed by atoms with van der Waals surface area (Å²) in [5, 5.41) is 0. The van der Waals surface area contributed by atoms with Gasteiger partial charge in [-0.1, -0.05) is 51.8 Å². The molecule has 0 aromatic rings. The van der Waals surface area contributed by atoms with Crippen molar-refractivity contribution >= 4 is 5.94 Å². The lowest BCUT2D eigenvalue weighted by atomic mass is 9.36. The number of carbonyl (C=O) groups excluding carboxylic acids is 1. The molecule has 0 saturated heterocycles. The third-order valence-electron chi connectivity index (χ3n) is 12.6. The highest BCUT2D eigenvalue weighted by Gasteiger charge is 2.65. The van der Waals surface area contributed by atoms with Crippen LogP contribution in [0.1, 0.15) is 118 Å². The van der Waals surface area contributed by atoms with Gasteiger partial charge in [0, 0.05) is 5.57 Å². The van der Waals surface area contributed by atoms with Crippen molar-refractivity contribution in [2.24, 2.45) is 51.2 Å². The summed E-state index contributed by atoms with van der Waals surface area (Å²) in [4.78, 5) is 11.7. The fourth-order valence-corrected chi connectivity index (χ4v) is 11.1. The van der Waals surface area contributed by atoms with Crippen LogP contribution in [0.3, 0.4) is 0 Å². The minimum atomic E-state index is 0.0382. The highest BCUT2D eigenvalue weighted by molar-refractivity contribution is 5.56. The van der Waals surface area contributed by atoms with E-state index in [1.165, 1.54) is 77.0 Å². The summed E-state index contributed by atoms with van der Waals surface area (Å²) in [7, 11) is 0. The van der Waals surface area contributed by atoms with Crippen molar-refractivity contribution < 1.29 is 4.79 Å². The van der Waals surface area contributed by atoms with Crippen LogP contribution in [0, 0.1) is 51.2 Å². The Bertz CT molecular complexity index is 896. The lowest BCUT2D eigenvalue weighted by Crippen LogP contribution is -2.61. The molecule has 1 nitrogen and oxygen atoms in total. The van der Waals surface area contributed by atoms with E-state index in [0.717, 1.165) is 35.7 Å². The van der Waals surface area contributed by atoms with Crippen molar-refractivity contribution in [1.82, 2.24) is 0 Å². The summed E-state index contributed by atoms with van der Waals surface area (Å²) >= 11 is 0. The van der Waals surface area contributed by atoms with Crippen LogP contribution in [0.25, 0.3) is 0 Å². The molecule has 6 aliphatic rings. The lowest BCUT2D eigenvalue weighted by Gasteiger charge is -2.68. The van der Waals surface area contributed by atoms with Crippen LogP contribution in [0.5, 0.6) is 0 Å². The molecule has 6 fully saturated rings. The van der Waals surface area contributed by atoms with Gasteiger partial charge in [0.05, 0.1) is 0 Å². The summed E-state index contributed by atoms with van der Waals surface area (Å²) < 4.78 is 0. The summed E-state index contributed by atoms with van der Waals surface area (Å²) in [6, 6.07) is 0. The predicted molar refractivity (Wildman–Crippen MR) is 143 cm³/mol. The first kappa shape index (κ1) is 24.6. The number of hydrogen-bond acceptors (Lipinski definition) is 1. The molecule has 6 aliphatic carbocycles. The molecule has 0 bridgehead atoms. The summed E-state index contributed by atoms with van der Waals surface area (Å²) in [5.74, 6) is 6.80. The standard InChI is InChI=1S/C30H44O.C3H6/c1-27(2)21(19-31)11-15-29(4)25(27)13-16-28(3)23-12-17-30(18-20-7-8-20)14-5-6-24(30)22(23)9-10-26(28)29;1-3-2/h18,22-26H,5-17H2,1-4H3;3H,1H2,2H3. The van der Waals surface area contributed by atoms with E-state index in [1.54, 1.807) is 11.6 Å². The smallest absolute Gasteiger partial charge is 0.124 e. The van der Waals surface area contributed by atoms with E-state index in [-0.39, 0.29) is 5.41 Å². The maximum absolute atomic E-state index is 11.7. The van der Waals surface area contributed by atoms with Crippen molar-refractivity contribution in [3.05, 3.63) is 29.9 Å². The molecule has 188 valence electrons. The van der Waals surface area contributed by atoms with E-state index in [2.05, 4.69) is 46.3 Å². The van der Waals surface area contributed by atoms with Gasteiger partial charge in [0.2, 0.25) is 0 Å². The Morgan fingerprint density at radius 1 is 0.824 bits per heavy atom. The molecule has 8 unspecified atom stereocenters. The molecule has 6 rings (SSSR count). The van der Waals surface area contributed by atoms with E-state index < -0.39 is 0 Å². The zero-order valence-corrected chi connectivity index (χ0v) is 22.8. The van der Waals surface area contributed by atoms with E-state index in [9.17, 15) is 4.79 Å².